The van der Waals surface area contributed by atoms with Crippen LogP contribution in [0.15, 0.2) is 36.1 Å². The van der Waals surface area contributed by atoms with E-state index in [9.17, 15) is 19.1 Å². The van der Waals surface area contributed by atoms with Crippen molar-refractivity contribution in [1.29, 1.82) is 0 Å². The molecule has 1 N–H and O–H groups in total. The van der Waals surface area contributed by atoms with Gasteiger partial charge in [0.1, 0.15) is 5.82 Å². The molecule has 0 saturated carbocycles. The molecule has 1 rings (SSSR count). The Morgan fingerprint density at radius 3 is 2.63 bits per heavy atom. The van der Waals surface area contributed by atoms with Crippen LogP contribution in [0, 0.1) is 5.82 Å². The number of nitrogens with zero attached hydrogens (tertiary/aromatic N) is 1. The van der Waals surface area contributed by atoms with Gasteiger partial charge in [-0.15, -0.1) is 0 Å². The summed E-state index contributed by atoms with van der Waals surface area (Å²) in [5, 5.41) is 9.22. The molecular weight excluding hydrogens is 253 g/mol. The van der Waals surface area contributed by atoms with Gasteiger partial charge in [-0.2, -0.15) is 0 Å². The highest BCUT2D eigenvalue weighted by molar-refractivity contribution is 5.96. The van der Waals surface area contributed by atoms with Crippen LogP contribution < -0.4 is 0 Å². The zero-order chi connectivity index (χ0) is 14.4. The maximum atomic E-state index is 13.4. The van der Waals surface area contributed by atoms with E-state index < -0.39 is 23.5 Å². The average Bonchev–Trinajstić information content (AvgIpc) is 2.40. The van der Waals surface area contributed by atoms with Gasteiger partial charge in [0.25, 0.3) is 5.91 Å². The van der Waals surface area contributed by atoms with Gasteiger partial charge in [-0.1, -0.05) is 18.2 Å². The third kappa shape index (κ3) is 4.09. The first kappa shape index (κ1) is 14.7. The third-order valence-corrected chi connectivity index (χ3v) is 2.40. The molecule has 1 aromatic carbocycles. The van der Waals surface area contributed by atoms with Crippen LogP contribution in [-0.4, -0.2) is 36.0 Å². The lowest BCUT2D eigenvalue weighted by Gasteiger charge is -2.15. The van der Waals surface area contributed by atoms with E-state index in [2.05, 4.69) is 4.74 Å². The van der Waals surface area contributed by atoms with Crippen molar-refractivity contribution in [3.63, 3.8) is 0 Å². The molecule has 0 aliphatic carbocycles. The maximum Gasteiger partial charge on any atom is 0.373 e. The van der Waals surface area contributed by atoms with Gasteiger partial charge in [0.15, 0.2) is 0 Å². The topological polar surface area (TPSA) is 66.8 Å². The molecule has 0 heterocycles. The number of halogens is 1. The molecule has 0 aromatic heterocycles. The van der Waals surface area contributed by atoms with E-state index in [0.29, 0.717) is 5.56 Å². The fourth-order valence-electron chi connectivity index (χ4n) is 1.35. The summed E-state index contributed by atoms with van der Waals surface area (Å²) < 4.78 is 17.6. The van der Waals surface area contributed by atoms with E-state index in [-0.39, 0.29) is 6.54 Å². The fraction of sp³-hybridized carbons (Fsp3) is 0.231. The lowest BCUT2D eigenvalue weighted by molar-refractivity contribution is -0.139. The van der Waals surface area contributed by atoms with Crippen molar-refractivity contribution in [2.45, 2.75) is 6.54 Å². The number of esters is 1. The Morgan fingerprint density at radius 1 is 1.42 bits per heavy atom. The first-order valence-electron chi connectivity index (χ1n) is 5.43. The summed E-state index contributed by atoms with van der Waals surface area (Å²) in [6.45, 7) is 0.0243. The number of carbonyl (C=O) groups is 2. The third-order valence-electron chi connectivity index (χ3n) is 2.40. The van der Waals surface area contributed by atoms with Gasteiger partial charge < -0.3 is 14.7 Å². The Hall–Kier alpha value is -2.37. The number of aliphatic hydroxyl groups is 1. The Balaban J connectivity index is 2.74. The summed E-state index contributed by atoms with van der Waals surface area (Å²) in [6, 6.07) is 6.03. The second-order valence-corrected chi connectivity index (χ2v) is 3.81. The summed E-state index contributed by atoms with van der Waals surface area (Å²) in [5.41, 5.74) is 0.337. The monoisotopic (exact) mass is 267 g/mol. The van der Waals surface area contributed by atoms with Crippen molar-refractivity contribution in [2.75, 3.05) is 14.2 Å². The number of rotatable bonds is 4. The minimum atomic E-state index is -1.01. The summed E-state index contributed by atoms with van der Waals surface area (Å²) in [7, 11) is 2.51. The van der Waals surface area contributed by atoms with Gasteiger partial charge in [0.2, 0.25) is 5.76 Å². The highest BCUT2D eigenvalue weighted by Crippen LogP contribution is 2.09. The van der Waals surface area contributed by atoms with Gasteiger partial charge in [0, 0.05) is 19.2 Å². The van der Waals surface area contributed by atoms with Crippen LogP contribution in [-0.2, 0) is 20.9 Å². The standard InChI is InChI=1S/C13H14FNO4/c1-15(8-9-5-3-4-6-10(9)14)12(17)7-11(16)13(18)19-2/h3-7,16H,8H2,1-2H3/b11-7-. The van der Waals surface area contributed by atoms with Gasteiger partial charge in [0.05, 0.1) is 13.2 Å². The number of amides is 1. The quantitative estimate of drug-likeness (QED) is 0.508. The van der Waals surface area contributed by atoms with Crippen molar-refractivity contribution in [3.8, 4) is 0 Å². The SMILES string of the molecule is COC(=O)/C(O)=C/C(=O)N(C)Cc1ccccc1F. The lowest BCUT2D eigenvalue weighted by Crippen LogP contribution is -2.25. The zero-order valence-corrected chi connectivity index (χ0v) is 10.6. The Kier molecular flexibility index (Phi) is 5.05. The highest BCUT2D eigenvalue weighted by atomic mass is 19.1. The van der Waals surface area contributed by atoms with E-state index in [1.54, 1.807) is 18.2 Å². The molecule has 6 heteroatoms. The van der Waals surface area contributed by atoms with Crippen molar-refractivity contribution >= 4 is 11.9 Å². The Morgan fingerprint density at radius 2 is 2.05 bits per heavy atom. The van der Waals surface area contributed by atoms with Crippen molar-refractivity contribution < 1.29 is 23.8 Å². The van der Waals surface area contributed by atoms with Gasteiger partial charge in [-0.05, 0) is 6.07 Å². The van der Waals surface area contributed by atoms with Crippen LogP contribution in [0.3, 0.4) is 0 Å². The molecule has 0 unspecified atom stereocenters. The second kappa shape index (κ2) is 6.53. The molecular formula is C13H14FNO4. The first-order valence-corrected chi connectivity index (χ1v) is 5.43. The Bertz CT molecular complexity index is 513. The molecule has 0 spiro atoms. The summed E-state index contributed by atoms with van der Waals surface area (Å²) in [4.78, 5) is 23.7. The molecule has 102 valence electrons. The number of carbonyl (C=O) groups excluding carboxylic acids is 2. The van der Waals surface area contributed by atoms with Crippen LogP contribution >= 0.6 is 0 Å². The first-order chi connectivity index (χ1) is 8.95. The molecule has 0 saturated heterocycles. The van der Waals surface area contributed by atoms with Gasteiger partial charge in [-0.3, -0.25) is 4.79 Å². The van der Waals surface area contributed by atoms with E-state index in [4.69, 9.17) is 0 Å². The van der Waals surface area contributed by atoms with Crippen molar-refractivity contribution in [3.05, 3.63) is 47.5 Å². The van der Waals surface area contributed by atoms with E-state index >= 15 is 0 Å². The molecule has 0 fully saturated rings. The van der Waals surface area contributed by atoms with Crippen molar-refractivity contribution in [2.24, 2.45) is 0 Å². The zero-order valence-electron chi connectivity index (χ0n) is 10.6. The number of aliphatic hydroxyl groups excluding tert-OH is 1. The van der Waals surface area contributed by atoms with Crippen LogP contribution in [0.2, 0.25) is 0 Å². The fourth-order valence-corrected chi connectivity index (χ4v) is 1.35. The molecule has 0 radical (unpaired) electrons. The molecule has 0 aliphatic heterocycles. The van der Waals surface area contributed by atoms with Crippen LogP contribution in [0.4, 0.5) is 4.39 Å². The minimum Gasteiger partial charge on any atom is -0.502 e. The van der Waals surface area contributed by atoms with E-state index in [1.165, 1.54) is 13.1 Å². The van der Waals surface area contributed by atoms with Crippen LogP contribution in [0.1, 0.15) is 5.56 Å². The largest absolute Gasteiger partial charge is 0.502 e. The Labute approximate surface area is 109 Å². The van der Waals surface area contributed by atoms with E-state index in [0.717, 1.165) is 18.1 Å². The second-order valence-electron chi connectivity index (χ2n) is 3.81. The molecule has 19 heavy (non-hydrogen) atoms. The van der Waals surface area contributed by atoms with Crippen LogP contribution in [0.25, 0.3) is 0 Å². The molecule has 1 aromatic rings. The predicted octanol–water partition coefficient (Wildman–Crippen LogP) is 1.40. The summed E-state index contributed by atoms with van der Waals surface area (Å²) in [5.74, 6) is -2.87. The molecule has 0 aliphatic rings. The molecule has 0 bridgehead atoms. The average molecular weight is 267 g/mol. The van der Waals surface area contributed by atoms with Crippen molar-refractivity contribution in [1.82, 2.24) is 4.90 Å². The molecule has 1 amide bonds. The summed E-state index contributed by atoms with van der Waals surface area (Å²) in [6.07, 6.45) is 0.729. The number of methoxy groups -OCH3 is 1. The smallest absolute Gasteiger partial charge is 0.373 e. The number of benzene rings is 1. The number of likely N-dealkylation sites (N-methyl/N-ethyl adjacent to an activating group) is 1. The minimum absolute atomic E-state index is 0.0243. The number of hydrogen-bond donors (Lipinski definition) is 1. The highest BCUT2D eigenvalue weighted by Gasteiger charge is 2.14. The van der Waals surface area contributed by atoms with Gasteiger partial charge >= 0.3 is 5.97 Å². The molecule has 0 atom stereocenters. The number of hydrogen-bond acceptors (Lipinski definition) is 4. The number of ether oxygens (including phenoxy) is 1. The molecule has 5 nitrogen and oxygen atoms in total. The van der Waals surface area contributed by atoms with Crippen LogP contribution in [0.5, 0.6) is 0 Å². The lowest BCUT2D eigenvalue weighted by atomic mass is 10.2. The normalized spacial score (nSPS) is 11.0. The van der Waals surface area contributed by atoms with Gasteiger partial charge in [-0.25, -0.2) is 9.18 Å². The predicted molar refractivity (Wildman–Crippen MR) is 65.6 cm³/mol. The van der Waals surface area contributed by atoms with E-state index in [1.807, 2.05) is 0 Å². The summed E-state index contributed by atoms with van der Waals surface area (Å²) >= 11 is 0. The maximum absolute atomic E-state index is 13.4.